The van der Waals surface area contributed by atoms with Gasteiger partial charge in [-0.3, -0.25) is 9.59 Å². The molecule has 0 aliphatic heterocycles. The summed E-state index contributed by atoms with van der Waals surface area (Å²) in [6, 6.07) is 16.1. The Hall–Kier alpha value is -2.62. The van der Waals surface area contributed by atoms with E-state index in [1.807, 2.05) is 36.4 Å². The maximum atomic E-state index is 13.4. The molecule has 0 bridgehead atoms. The van der Waals surface area contributed by atoms with Gasteiger partial charge in [-0.05, 0) is 41.5 Å². The van der Waals surface area contributed by atoms with E-state index in [0.29, 0.717) is 0 Å². The van der Waals surface area contributed by atoms with Gasteiger partial charge < -0.3 is 9.84 Å². The zero-order valence-corrected chi connectivity index (χ0v) is 18.0. The standard InChI is InChI=1S/C26H32O4/c1-3-5-13-20(10-4-2)30-26(29)23(17-24(27)28)25-21-14-8-6-11-18(21)16-19-12-7-9-15-22(19)25/h6-9,11-12,14-15,20,23,25H,3-5,10,13,16-17H2,1-2H3,(H,27,28). The third kappa shape index (κ3) is 5.10. The van der Waals surface area contributed by atoms with Crippen LogP contribution in [0.25, 0.3) is 0 Å². The molecule has 0 saturated heterocycles. The number of carboxylic acids is 1. The van der Waals surface area contributed by atoms with Crippen molar-refractivity contribution in [1.29, 1.82) is 0 Å². The van der Waals surface area contributed by atoms with Crippen LogP contribution in [0.1, 0.15) is 80.5 Å². The van der Waals surface area contributed by atoms with E-state index in [-0.39, 0.29) is 24.4 Å². The highest BCUT2D eigenvalue weighted by atomic mass is 16.5. The first-order valence-electron chi connectivity index (χ1n) is 11.1. The second-order valence-electron chi connectivity index (χ2n) is 8.25. The quantitative estimate of drug-likeness (QED) is 0.511. The second kappa shape index (κ2) is 10.4. The number of unbranched alkanes of at least 4 members (excludes halogenated alkanes) is 1. The lowest BCUT2D eigenvalue weighted by atomic mass is 9.71. The number of benzene rings is 2. The molecule has 30 heavy (non-hydrogen) atoms. The largest absolute Gasteiger partial charge is 0.481 e. The molecular weight excluding hydrogens is 376 g/mol. The number of fused-ring (bicyclic) bond motifs is 2. The molecule has 0 amide bonds. The molecule has 0 fully saturated rings. The molecule has 1 aliphatic carbocycles. The van der Waals surface area contributed by atoms with Crippen LogP contribution in [-0.4, -0.2) is 23.1 Å². The van der Waals surface area contributed by atoms with Crippen molar-refractivity contribution in [3.05, 3.63) is 70.8 Å². The van der Waals surface area contributed by atoms with E-state index in [9.17, 15) is 14.7 Å². The highest BCUT2D eigenvalue weighted by Gasteiger charge is 2.38. The third-order valence-electron chi connectivity index (χ3n) is 6.03. The van der Waals surface area contributed by atoms with Crippen LogP contribution in [0.15, 0.2) is 48.5 Å². The molecule has 0 heterocycles. The number of hydrogen-bond donors (Lipinski definition) is 1. The Labute approximate surface area is 179 Å². The summed E-state index contributed by atoms with van der Waals surface area (Å²) in [6.45, 7) is 4.20. The van der Waals surface area contributed by atoms with Crippen LogP contribution in [0.4, 0.5) is 0 Å². The second-order valence-corrected chi connectivity index (χ2v) is 8.25. The van der Waals surface area contributed by atoms with E-state index in [1.165, 1.54) is 0 Å². The molecule has 1 aliphatic rings. The summed E-state index contributed by atoms with van der Waals surface area (Å²) in [7, 11) is 0. The lowest BCUT2D eigenvalue weighted by Crippen LogP contribution is -2.33. The molecule has 160 valence electrons. The van der Waals surface area contributed by atoms with Crippen molar-refractivity contribution in [3.8, 4) is 0 Å². The molecule has 4 nitrogen and oxygen atoms in total. The number of aliphatic carboxylic acids is 1. The minimum atomic E-state index is -0.974. The number of rotatable bonds is 10. The number of ether oxygens (including phenoxy) is 1. The summed E-state index contributed by atoms with van der Waals surface area (Å²) < 4.78 is 5.94. The van der Waals surface area contributed by atoms with E-state index < -0.39 is 11.9 Å². The minimum absolute atomic E-state index is 0.146. The summed E-state index contributed by atoms with van der Waals surface area (Å²) in [5.74, 6) is -2.41. The Morgan fingerprint density at radius 1 is 0.967 bits per heavy atom. The van der Waals surface area contributed by atoms with Crippen molar-refractivity contribution in [2.45, 2.75) is 70.8 Å². The number of carbonyl (C=O) groups excluding carboxylic acids is 1. The Kier molecular flexibility index (Phi) is 7.67. The summed E-state index contributed by atoms with van der Waals surface area (Å²) >= 11 is 0. The van der Waals surface area contributed by atoms with E-state index >= 15 is 0 Å². The molecule has 1 N–H and O–H groups in total. The van der Waals surface area contributed by atoms with Gasteiger partial charge in [0.15, 0.2) is 0 Å². The Bertz CT molecular complexity index is 827. The molecule has 2 aromatic carbocycles. The van der Waals surface area contributed by atoms with Gasteiger partial charge in [-0.15, -0.1) is 0 Å². The first-order valence-corrected chi connectivity index (χ1v) is 11.1. The molecule has 4 heteroatoms. The average molecular weight is 409 g/mol. The Morgan fingerprint density at radius 3 is 2.10 bits per heavy atom. The van der Waals surface area contributed by atoms with Crippen molar-refractivity contribution in [1.82, 2.24) is 0 Å². The van der Waals surface area contributed by atoms with Crippen molar-refractivity contribution < 1.29 is 19.4 Å². The molecular formula is C26H32O4. The van der Waals surface area contributed by atoms with Crippen LogP contribution >= 0.6 is 0 Å². The fraction of sp³-hybridized carbons (Fsp3) is 0.462. The predicted molar refractivity (Wildman–Crippen MR) is 118 cm³/mol. The van der Waals surface area contributed by atoms with Crippen LogP contribution < -0.4 is 0 Å². The zero-order chi connectivity index (χ0) is 21.5. The van der Waals surface area contributed by atoms with Crippen LogP contribution in [-0.2, 0) is 20.7 Å². The number of esters is 1. The van der Waals surface area contributed by atoms with Crippen LogP contribution in [0.2, 0.25) is 0 Å². The van der Waals surface area contributed by atoms with Crippen LogP contribution in [0.3, 0.4) is 0 Å². The number of hydrogen-bond acceptors (Lipinski definition) is 3. The van der Waals surface area contributed by atoms with Gasteiger partial charge >= 0.3 is 11.9 Å². The van der Waals surface area contributed by atoms with Gasteiger partial charge in [-0.1, -0.05) is 81.6 Å². The molecule has 0 saturated carbocycles. The van der Waals surface area contributed by atoms with Crippen LogP contribution in [0, 0.1) is 5.92 Å². The molecule has 2 unspecified atom stereocenters. The fourth-order valence-electron chi connectivity index (χ4n) is 4.60. The highest BCUT2D eigenvalue weighted by Crippen LogP contribution is 2.43. The lowest BCUT2D eigenvalue weighted by molar-refractivity contribution is -0.159. The summed E-state index contributed by atoms with van der Waals surface area (Å²) in [5, 5.41) is 9.63. The van der Waals surface area contributed by atoms with Crippen molar-refractivity contribution in [2.75, 3.05) is 0 Å². The average Bonchev–Trinajstić information content (AvgIpc) is 2.74. The van der Waals surface area contributed by atoms with Crippen molar-refractivity contribution in [2.24, 2.45) is 5.92 Å². The van der Waals surface area contributed by atoms with Crippen LogP contribution in [0.5, 0.6) is 0 Å². The Balaban J connectivity index is 1.97. The topological polar surface area (TPSA) is 63.6 Å². The van der Waals surface area contributed by atoms with E-state index in [4.69, 9.17) is 4.74 Å². The fourth-order valence-corrected chi connectivity index (χ4v) is 4.60. The maximum Gasteiger partial charge on any atom is 0.310 e. The van der Waals surface area contributed by atoms with E-state index in [2.05, 4.69) is 26.0 Å². The van der Waals surface area contributed by atoms with E-state index in [0.717, 1.165) is 60.8 Å². The van der Waals surface area contributed by atoms with Gasteiger partial charge in [0.1, 0.15) is 6.10 Å². The SMILES string of the molecule is CCCCC(CCC)OC(=O)C(CC(=O)O)C1c2ccccc2Cc2ccccc21. The molecule has 0 radical (unpaired) electrons. The predicted octanol–water partition coefficient (Wildman–Crippen LogP) is 5.72. The van der Waals surface area contributed by atoms with Crippen molar-refractivity contribution in [3.63, 3.8) is 0 Å². The van der Waals surface area contributed by atoms with Gasteiger partial charge in [-0.25, -0.2) is 0 Å². The van der Waals surface area contributed by atoms with Gasteiger partial charge in [-0.2, -0.15) is 0 Å². The third-order valence-corrected chi connectivity index (χ3v) is 6.03. The summed E-state index contributed by atoms with van der Waals surface area (Å²) in [5.41, 5.74) is 4.39. The smallest absolute Gasteiger partial charge is 0.310 e. The lowest BCUT2D eigenvalue weighted by Gasteiger charge is -2.33. The number of carbonyl (C=O) groups is 2. The first-order chi connectivity index (χ1) is 14.5. The molecule has 0 spiro atoms. The normalized spacial score (nSPS) is 15.0. The number of carboxylic acid groups (broad SMARTS) is 1. The summed E-state index contributed by atoms with van der Waals surface area (Å²) in [6.07, 6.45) is 5.02. The monoisotopic (exact) mass is 408 g/mol. The highest BCUT2D eigenvalue weighted by molar-refractivity contribution is 5.81. The molecule has 0 aromatic heterocycles. The van der Waals surface area contributed by atoms with Gasteiger partial charge in [0.2, 0.25) is 0 Å². The maximum absolute atomic E-state index is 13.4. The summed E-state index contributed by atoms with van der Waals surface area (Å²) in [4.78, 5) is 25.1. The van der Waals surface area contributed by atoms with Gasteiger partial charge in [0.05, 0.1) is 12.3 Å². The minimum Gasteiger partial charge on any atom is -0.481 e. The molecule has 2 aromatic rings. The molecule has 2 atom stereocenters. The molecule has 3 rings (SSSR count). The zero-order valence-electron chi connectivity index (χ0n) is 18.0. The van der Waals surface area contributed by atoms with E-state index in [1.54, 1.807) is 0 Å². The first kappa shape index (κ1) is 22.1. The van der Waals surface area contributed by atoms with Gasteiger partial charge in [0.25, 0.3) is 0 Å². The van der Waals surface area contributed by atoms with Gasteiger partial charge in [0, 0.05) is 5.92 Å². The Morgan fingerprint density at radius 2 is 1.57 bits per heavy atom. The van der Waals surface area contributed by atoms with Crippen molar-refractivity contribution >= 4 is 11.9 Å².